The molecule has 27 heavy (non-hydrogen) atoms. The summed E-state index contributed by atoms with van der Waals surface area (Å²) in [6.45, 7) is 1.20. The summed E-state index contributed by atoms with van der Waals surface area (Å²) in [6, 6.07) is 16.5. The number of hydrogen-bond donors (Lipinski definition) is 1. The van der Waals surface area contributed by atoms with E-state index in [2.05, 4.69) is 0 Å². The molecule has 5 nitrogen and oxygen atoms in total. The van der Waals surface area contributed by atoms with Crippen LogP contribution in [0.3, 0.4) is 0 Å². The quantitative estimate of drug-likeness (QED) is 0.874. The maximum atomic E-state index is 12.9. The Morgan fingerprint density at radius 2 is 1.78 bits per heavy atom. The van der Waals surface area contributed by atoms with Crippen LogP contribution in [0.15, 0.2) is 54.6 Å². The van der Waals surface area contributed by atoms with Crippen LogP contribution in [0.1, 0.15) is 40.0 Å². The standard InChI is InChI=1S/C21H25N3O2.ClH/c1-23(18-10-3-2-4-11-18)20(25)16-8-7-9-17(14-16)21(26)24-13-6-5-12-19(24)15-22;/h2-4,7-11,14,19H,5-6,12-13,15,22H2,1H3;1H. The van der Waals surface area contributed by atoms with Crippen molar-refractivity contribution in [1.82, 2.24) is 4.90 Å². The summed E-state index contributed by atoms with van der Waals surface area (Å²) in [6.07, 6.45) is 3.04. The zero-order valence-corrected chi connectivity index (χ0v) is 16.3. The molecule has 2 aromatic rings. The van der Waals surface area contributed by atoms with Gasteiger partial charge < -0.3 is 15.5 Å². The highest BCUT2D eigenvalue weighted by Gasteiger charge is 2.27. The van der Waals surface area contributed by atoms with Crippen LogP contribution in [0.5, 0.6) is 0 Å². The van der Waals surface area contributed by atoms with Crippen LogP contribution < -0.4 is 10.6 Å². The fourth-order valence-corrected chi connectivity index (χ4v) is 3.43. The van der Waals surface area contributed by atoms with Crippen molar-refractivity contribution in [2.75, 3.05) is 25.0 Å². The first-order valence-corrected chi connectivity index (χ1v) is 9.06. The second-order valence-electron chi connectivity index (χ2n) is 6.66. The van der Waals surface area contributed by atoms with E-state index in [9.17, 15) is 9.59 Å². The topological polar surface area (TPSA) is 66.6 Å². The van der Waals surface area contributed by atoms with Gasteiger partial charge in [0.1, 0.15) is 0 Å². The number of carbonyl (C=O) groups excluding carboxylic acids is 2. The van der Waals surface area contributed by atoms with Crippen molar-refractivity contribution in [3.8, 4) is 0 Å². The lowest BCUT2D eigenvalue weighted by molar-refractivity contribution is 0.0623. The minimum Gasteiger partial charge on any atom is -0.334 e. The lowest BCUT2D eigenvalue weighted by Gasteiger charge is -2.35. The number of anilines is 1. The fourth-order valence-electron chi connectivity index (χ4n) is 3.43. The number of halogens is 1. The first kappa shape index (κ1) is 20.9. The molecule has 6 heteroatoms. The van der Waals surface area contributed by atoms with Crippen molar-refractivity contribution in [2.45, 2.75) is 25.3 Å². The number of benzene rings is 2. The van der Waals surface area contributed by atoms with Gasteiger partial charge in [-0.3, -0.25) is 9.59 Å². The van der Waals surface area contributed by atoms with Gasteiger partial charge in [-0.05, 0) is 49.6 Å². The molecule has 2 N–H and O–H groups in total. The van der Waals surface area contributed by atoms with Gasteiger partial charge in [-0.25, -0.2) is 0 Å². The van der Waals surface area contributed by atoms with Gasteiger partial charge >= 0.3 is 0 Å². The van der Waals surface area contributed by atoms with Gasteiger partial charge in [-0.2, -0.15) is 0 Å². The first-order chi connectivity index (χ1) is 12.6. The molecule has 1 unspecified atom stereocenters. The molecule has 0 spiro atoms. The monoisotopic (exact) mass is 387 g/mol. The van der Waals surface area contributed by atoms with E-state index >= 15 is 0 Å². The Balaban J connectivity index is 0.00000261. The smallest absolute Gasteiger partial charge is 0.258 e. The summed E-state index contributed by atoms with van der Waals surface area (Å²) in [5, 5.41) is 0. The maximum absolute atomic E-state index is 12.9. The first-order valence-electron chi connectivity index (χ1n) is 9.06. The molecule has 0 bridgehead atoms. The zero-order valence-electron chi connectivity index (χ0n) is 15.5. The van der Waals surface area contributed by atoms with Crippen molar-refractivity contribution in [2.24, 2.45) is 5.73 Å². The summed E-state index contributed by atoms with van der Waals surface area (Å²) >= 11 is 0. The molecule has 144 valence electrons. The molecule has 0 saturated carbocycles. The van der Waals surface area contributed by atoms with Crippen LogP contribution in [0, 0.1) is 0 Å². The number of piperidine rings is 1. The molecule has 3 rings (SSSR count). The van der Waals surface area contributed by atoms with Gasteiger partial charge in [0, 0.05) is 43.0 Å². The average Bonchev–Trinajstić information content (AvgIpc) is 2.72. The van der Waals surface area contributed by atoms with Crippen molar-refractivity contribution in [3.63, 3.8) is 0 Å². The number of rotatable bonds is 4. The van der Waals surface area contributed by atoms with Crippen LogP contribution in [-0.4, -0.2) is 42.9 Å². The van der Waals surface area contributed by atoms with Crippen LogP contribution in [0.2, 0.25) is 0 Å². The number of hydrogen-bond acceptors (Lipinski definition) is 3. The molecule has 0 aliphatic carbocycles. The molecule has 1 aliphatic heterocycles. The third kappa shape index (κ3) is 4.67. The summed E-state index contributed by atoms with van der Waals surface area (Å²) < 4.78 is 0. The molecule has 1 heterocycles. The van der Waals surface area contributed by atoms with E-state index in [-0.39, 0.29) is 30.3 Å². The molecule has 1 atom stereocenters. The lowest BCUT2D eigenvalue weighted by Crippen LogP contribution is -2.47. The van der Waals surface area contributed by atoms with E-state index in [0.717, 1.165) is 31.5 Å². The van der Waals surface area contributed by atoms with Gasteiger partial charge in [0.15, 0.2) is 0 Å². The molecule has 1 saturated heterocycles. The van der Waals surface area contributed by atoms with Crippen molar-refractivity contribution < 1.29 is 9.59 Å². The van der Waals surface area contributed by atoms with E-state index in [4.69, 9.17) is 5.73 Å². The predicted molar refractivity (Wildman–Crippen MR) is 111 cm³/mol. The fraction of sp³-hybridized carbons (Fsp3) is 0.333. The average molecular weight is 388 g/mol. The van der Waals surface area contributed by atoms with E-state index in [1.54, 1.807) is 36.2 Å². The van der Waals surface area contributed by atoms with E-state index < -0.39 is 0 Å². The number of carbonyl (C=O) groups is 2. The summed E-state index contributed by atoms with van der Waals surface area (Å²) in [7, 11) is 1.74. The Morgan fingerprint density at radius 3 is 2.48 bits per heavy atom. The molecule has 1 fully saturated rings. The number of nitrogens with zero attached hydrogens (tertiary/aromatic N) is 2. The largest absolute Gasteiger partial charge is 0.334 e. The number of likely N-dealkylation sites (tertiary alicyclic amines) is 1. The minimum absolute atomic E-state index is 0. The van der Waals surface area contributed by atoms with Crippen LogP contribution in [0.25, 0.3) is 0 Å². The molecule has 2 amide bonds. The van der Waals surface area contributed by atoms with Gasteiger partial charge in [0.25, 0.3) is 11.8 Å². The molecular weight excluding hydrogens is 362 g/mol. The van der Waals surface area contributed by atoms with Crippen molar-refractivity contribution in [1.29, 1.82) is 0 Å². The predicted octanol–water partition coefficient (Wildman–Crippen LogP) is 3.34. The number of nitrogens with two attached hydrogens (primary N) is 1. The zero-order chi connectivity index (χ0) is 18.5. The molecule has 2 aromatic carbocycles. The third-order valence-corrected chi connectivity index (χ3v) is 4.96. The Kier molecular flexibility index (Phi) is 7.39. The highest BCUT2D eigenvalue weighted by atomic mass is 35.5. The van der Waals surface area contributed by atoms with Crippen molar-refractivity contribution >= 4 is 29.9 Å². The van der Waals surface area contributed by atoms with Gasteiger partial charge in [0.2, 0.25) is 0 Å². The highest BCUT2D eigenvalue weighted by molar-refractivity contribution is 6.07. The normalized spacial score (nSPS) is 16.4. The van der Waals surface area contributed by atoms with Crippen molar-refractivity contribution in [3.05, 3.63) is 65.7 Å². The van der Waals surface area contributed by atoms with Gasteiger partial charge in [-0.1, -0.05) is 24.3 Å². The molecular formula is C21H26ClN3O2. The maximum Gasteiger partial charge on any atom is 0.258 e. The number of amides is 2. The third-order valence-electron chi connectivity index (χ3n) is 4.96. The van der Waals surface area contributed by atoms with Crippen LogP contribution in [-0.2, 0) is 0 Å². The Labute approximate surface area is 166 Å². The Hall–Kier alpha value is -2.37. The van der Waals surface area contributed by atoms with E-state index in [1.807, 2.05) is 35.2 Å². The summed E-state index contributed by atoms with van der Waals surface area (Å²) in [4.78, 5) is 29.2. The molecule has 0 radical (unpaired) electrons. The van der Waals surface area contributed by atoms with Crippen LogP contribution in [0.4, 0.5) is 5.69 Å². The summed E-state index contributed by atoms with van der Waals surface area (Å²) in [5.41, 5.74) is 7.69. The Bertz CT molecular complexity index is 782. The SMILES string of the molecule is CN(C(=O)c1cccc(C(=O)N2CCCCC2CN)c1)c1ccccc1.Cl. The summed E-state index contributed by atoms with van der Waals surface area (Å²) in [5.74, 6) is -0.183. The molecule has 1 aliphatic rings. The van der Waals surface area contributed by atoms with E-state index in [1.165, 1.54) is 0 Å². The lowest BCUT2D eigenvalue weighted by atomic mass is 10.00. The second-order valence-corrected chi connectivity index (χ2v) is 6.66. The second kappa shape index (κ2) is 9.53. The highest BCUT2D eigenvalue weighted by Crippen LogP contribution is 2.21. The minimum atomic E-state index is -0.139. The molecule has 0 aromatic heterocycles. The van der Waals surface area contributed by atoms with Crippen LogP contribution >= 0.6 is 12.4 Å². The number of para-hydroxylation sites is 1. The van der Waals surface area contributed by atoms with E-state index in [0.29, 0.717) is 17.7 Å². The van der Waals surface area contributed by atoms with Gasteiger partial charge in [0.05, 0.1) is 0 Å². The van der Waals surface area contributed by atoms with Gasteiger partial charge in [-0.15, -0.1) is 12.4 Å². The Morgan fingerprint density at radius 1 is 1.07 bits per heavy atom.